The van der Waals surface area contributed by atoms with Crippen molar-refractivity contribution in [3.8, 4) is 0 Å². The molecule has 2 N–H and O–H groups in total. The van der Waals surface area contributed by atoms with Crippen molar-refractivity contribution in [2.45, 2.75) is 38.0 Å². The second-order valence-corrected chi connectivity index (χ2v) is 4.69. The number of halogens is 1. The van der Waals surface area contributed by atoms with E-state index in [-0.39, 0.29) is 11.2 Å². The van der Waals surface area contributed by atoms with Crippen molar-refractivity contribution in [3.63, 3.8) is 0 Å². The van der Waals surface area contributed by atoms with E-state index in [0.717, 1.165) is 30.4 Å². The Hall–Kier alpha value is -0.890. The predicted octanol–water partition coefficient (Wildman–Crippen LogP) is 2.90. The fraction of sp³-hybridized carbons (Fsp3) is 0.538. The van der Waals surface area contributed by atoms with Crippen molar-refractivity contribution >= 4 is 0 Å². The molecule has 0 radical (unpaired) electrons. The van der Waals surface area contributed by atoms with Gasteiger partial charge in [0.25, 0.3) is 0 Å². The number of nitrogens with two attached hydrogens (primary N) is 1. The molecule has 1 nitrogen and oxygen atoms in total. The highest BCUT2D eigenvalue weighted by atomic mass is 19.1. The van der Waals surface area contributed by atoms with Gasteiger partial charge in [0, 0.05) is 0 Å². The van der Waals surface area contributed by atoms with Gasteiger partial charge in [-0.1, -0.05) is 12.5 Å². The normalized spacial score (nSPS) is 18.6. The molecule has 0 atom stereocenters. The summed E-state index contributed by atoms with van der Waals surface area (Å²) in [7, 11) is 0. The Bertz CT molecular complexity index is 335. The molecule has 0 unspecified atom stereocenters. The molecule has 2 rings (SSSR count). The van der Waals surface area contributed by atoms with Gasteiger partial charge in [-0.2, -0.15) is 0 Å². The third-order valence-electron chi connectivity index (χ3n) is 3.59. The SMILES string of the molecule is Cc1cc(F)cc(C2(CCN)CCC2)c1. The van der Waals surface area contributed by atoms with Gasteiger partial charge in [0.05, 0.1) is 0 Å². The van der Waals surface area contributed by atoms with Crippen molar-refractivity contribution in [2.75, 3.05) is 6.54 Å². The quantitative estimate of drug-likeness (QED) is 0.810. The maximum Gasteiger partial charge on any atom is 0.123 e. The number of benzene rings is 1. The van der Waals surface area contributed by atoms with E-state index < -0.39 is 0 Å². The van der Waals surface area contributed by atoms with Crippen LogP contribution in [0.3, 0.4) is 0 Å². The lowest BCUT2D eigenvalue weighted by Crippen LogP contribution is -2.36. The summed E-state index contributed by atoms with van der Waals surface area (Å²) in [6.45, 7) is 2.64. The Balaban J connectivity index is 2.34. The van der Waals surface area contributed by atoms with Crippen molar-refractivity contribution in [1.29, 1.82) is 0 Å². The van der Waals surface area contributed by atoms with Crippen LogP contribution >= 0.6 is 0 Å². The topological polar surface area (TPSA) is 26.0 Å². The molecular weight excluding hydrogens is 189 g/mol. The summed E-state index contributed by atoms with van der Waals surface area (Å²) in [5.41, 5.74) is 7.98. The van der Waals surface area contributed by atoms with E-state index in [4.69, 9.17) is 5.73 Å². The van der Waals surface area contributed by atoms with E-state index in [9.17, 15) is 4.39 Å². The first-order valence-corrected chi connectivity index (χ1v) is 5.64. The van der Waals surface area contributed by atoms with E-state index in [1.807, 2.05) is 6.92 Å². The second kappa shape index (κ2) is 3.93. The van der Waals surface area contributed by atoms with E-state index in [0.29, 0.717) is 6.54 Å². The third kappa shape index (κ3) is 1.91. The van der Waals surface area contributed by atoms with E-state index in [2.05, 4.69) is 6.07 Å². The summed E-state index contributed by atoms with van der Waals surface area (Å²) in [5.74, 6) is -0.117. The minimum Gasteiger partial charge on any atom is -0.330 e. The molecular formula is C13H18FN. The van der Waals surface area contributed by atoms with Crippen LogP contribution in [0.5, 0.6) is 0 Å². The molecule has 1 aromatic carbocycles. The molecule has 2 heteroatoms. The second-order valence-electron chi connectivity index (χ2n) is 4.69. The summed E-state index contributed by atoms with van der Waals surface area (Å²) in [6.07, 6.45) is 4.55. The van der Waals surface area contributed by atoms with Gasteiger partial charge >= 0.3 is 0 Å². The highest BCUT2D eigenvalue weighted by Gasteiger charge is 2.37. The molecule has 0 saturated heterocycles. The molecule has 0 heterocycles. The van der Waals surface area contributed by atoms with Gasteiger partial charge in [0.1, 0.15) is 5.82 Å². The zero-order chi connectivity index (χ0) is 10.9. The van der Waals surface area contributed by atoms with Crippen molar-refractivity contribution in [2.24, 2.45) is 5.73 Å². The lowest BCUT2D eigenvalue weighted by Gasteiger charge is -2.42. The summed E-state index contributed by atoms with van der Waals surface area (Å²) in [4.78, 5) is 0. The molecule has 1 aliphatic rings. The van der Waals surface area contributed by atoms with Gasteiger partial charge in [0.2, 0.25) is 0 Å². The molecule has 0 amide bonds. The summed E-state index contributed by atoms with van der Waals surface area (Å²) in [5, 5.41) is 0. The monoisotopic (exact) mass is 207 g/mol. The van der Waals surface area contributed by atoms with Crippen LogP contribution in [-0.4, -0.2) is 6.54 Å². The highest BCUT2D eigenvalue weighted by Crippen LogP contribution is 2.46. The predicted molar refractivity (Wildman–Crippen MR) is 60.3 cm³/mol. The van der Waals surface area contributed by atoms with Crippen LogP contribution in [0.1, 0.15) is 36.8 Å². The maximum absolute atomic E-state index is 13.3. The number of aryl methyl sites for hydroxylation is 1. The van der Waals surface area contributed by atoms with E-state index in [1.54, 1.807) is 12.1 Å². The lowest BCUT2D eigenvalue weighted by atomic mass is 9.62. The Morgan fingerprint density at radius 2 is 2.07 bits per heavy atom. The molecule has 1 aliphatic carbocycles. The van der Waals surface area contributed by atoms with Crippen LogP contribution in [0.4, 0.5) is 4.39 Å². The van der Waals surface area contributed by atoms with Gasteiger partial charge in [-0.05, 0) is 61.4 Å². The zero-order valence-electron chi connectivity index (χ0n) is 9.22. The van der Waals surface area contributed by atoms with Gasteiger partial charge < -0.3 is 5.73 Å². The standard InChI is InChI=1S/C13H18FN/c1-10-7-11(9-12(14)8-10)13(5-6-15)3-2-4-13/h7-9H,2-6,15H2,1H3. The molecule has 0 aromatic heterocycles. The van der Waals surface area contributed by atoms with Gasteiger partial charge in [-0.15, -0.1) is 0 Å². The summed E-state index contributed by atoms with van der Waals surface area (Å²) < 4.78 is 13.3. The van der Waals surface area contributed by atoms with Crippen molar-refractivity contribution < 1.29 is 4.39 Å². The van der Waals surface area contributed by atoms with Crippen LogP contribution in [0, 0.1) is 12.7 Å². The Labute approximate surface area is 90.5 Å². The highest BCUT2D eigenvalue weighted by molar-refractivity contribution is 5.32. The average Bonchev–Trinajstić information content (AvgIpc) is 2.09. The molecule has 1 fully saturated rings. The zero-order valence-corrected chi connectivity index (χ0v) is 9.22. The van der Waals surface area contributed by atoms with Crippen LogP contribution in [-0.2, 0) is 5.41 Å². The molecule has 15 heavy (non-hydrogen) atoms. The minimum absolute atomic E-state index is 0.117. The Morgan fingerprint density at radius 1 is 1.33 bits per heavy atom. The maximum atomic E-state index is 13.3. The smallest absolute Gasteiger partial charge is 0.123 e. The number of hydrogen-bond donors (Lipinski definition) is 1. The summed E-state index contributed by atoms with van der Waals surface area (Å²) >= 11 is 0. The third-order valence-corrected chi connectivity index (χ3v) is 3.59. The minimum atomic E-state index is -0.117. The Morgan fingerprint density at radius 3 is 2.53 bits per heavy atom. The lowest BCUT2D eigenvalue weighted by molar-refractivity contribution is 0.228. The van der Waals surface area contributed by atoms with Gasteiger partial charge in [-0.25, -0.2) is 4.39 Å². The van der Waals surface area contributed by atoms with Crippen molar-refractivity contribution in [3.05, 3.63) is 35.1 Å². The Kier molecular flexibility index (Phi) is 2.79. The van der Waals surface area contributed by atoms with Crippen LogP contribution in [0.25, 0.3) is 0 Å². The average molecular weight is 207 g/mol. The first-order valence-electron chi connectivity index (χ1n) is 5.64. The van der Waals surface area contributed by atoms with Crippen molar-refractivity contribution in [1.82, 2.24) is 0 Å². The first-order chi connectivity index (χ1) is 7.16. The van der Waals surface area contributed by atoms with E-state index >= 15 is 0 Å². The number of hydrogen-bond acceptors (Lipinski definition) is 1. The van der Waals surface area contributed by atoms with Crippen LogP contribution in [0.15, 0.2) is 18.2 Å². The van der Waals surface area contributed by atoms with E-state index in [1.165, 1.54) is 6.42 Å². The fourth-order valence-electron chi connectivity index (χ4n) is 2.61. The molecule has 82 valence electrons. The molecule has 1 aromatic rings. The molecule has 0 aliphatic heterocycles. The molecule has 0 bridgehead atoms. The fourth-order valence-corrected chi connectivity index (χ4v) is 2.61. The molecule has 0 spiro atoms. The first kappa shape index (κ1) is 10.6. The largest absolute Gasteiger partial charge is 0.330 e. The molecule has 1 saturated carbocycles. The van der Waals surface area contributed by atoms with Crippen LogP contribution < -0.4 is 5.73 Å². The van der Waals surface area contributed by atoms with Crippen LogP contribution in [0.2, 0.25) is 0 Å². The van der Waals surface area contributed by atoms with Gasteiger partial charge in [-0.3, -0.25) is 0 Å². The number of rotatable bonds is 3. The summed E-state index contributed by atoms with van der Waals surface area (Å²) in [6, 6.07) is 5.37. The van der Waals surface area contributed by atoms with Gasteiger partial charge in [0.15, 0.2) is 0 Å².